The normalized spacial score (nSPS) is 18.0. The van der Waals surface area contributed by atoms with E-state index in [9.17, 15) is 9.59 Å². The maximum Gasteiger partial charge on any atom is 0.236 e. The fourth-order valence-corrected chi connectivity index (χ4v) is 2.11. The number of hydrogen-bond donors (Lipinski definition) is 2. The molecule has 0 spiro atoms. The van der Waals surface area contributed by atoms with E-state index in [0.29, 0.717) is 19.1 Å². The number of hydrogen-bond acceptors (Lipinski definition) is 4. The van der Waals surface area contributed by atoms with Crippen LogP contribution >= 0.6 is 0 Å². The van der Waals surface area contributed by atoms with Gasteiger partial charge >= 0.3 is 0 Å². The van der Waals surface area contributed by atoms with Gasteiger partial charge in [-0.3, -0.25) is 14.5 Å². The van der Waals surface area contributed by atoms with Crippen molar-refractivity contribution >= 4 is 11.8 Å². The molecule has 1 saturated heterocycles. The summed E-state index contributed by atoms with van der Waals surface area (Å²) >= 11 is 0. The Balaban J connectivity index is 2.29. The second-order valence-electron chi connectivity index (χ2n) is 6.47. The molecule has 20 heavy (non-hydrogen) atoms. The predicted molar refractivity (Wildman–Crippen MR) is 79.1 cm³/mol. The molecule has 0 atom stereocenters. The van der Waals surface area contributed by atoms with E-state index >= 15 is 0 Å². The summed E-state index contributed by atoms with van der Waals surface area (Å²) in [5.41, 5.74) is 4.85. The van der Waals surface area contributed by atoms with E-state index in [0.717, 1.165) is 25.9 Å². The van der Waals surface area contributed by atoms with Crippen LogP contribution in [0.5, 0.6) is 0 Å². The van der Waals surface area contributed by atoms with Gasteiger partial charge in [0.15, 0.2) is 0 Å². The zero-order valence-corrected chi connectivity index (χ0v) is 13.1. The quantitative estimate of drug-likeness (QED) is 0.698. The van der Waals surface area contributed by atoms with Crippen LogP contribution in [0.1, 0.15) is 26.7 Å². The van der Waals surface area contributed by atoms with Gasteiger partial charge in [-0.05, 0) is 26.7 Å². The van der Waals surface area contributed by atoms with Crippen molar-refractivity contribution < 1.29 is 9.59 Å². The average molecular weight is 284 g/mol. The van der Waals surface area contributed by atoms with Gasteiger partial charge in [0.2, 0.25) is 11.8 Å². The standard InChI is InChI=1S/C14H28N4O2/c1-14(2,13(15)20)10-16-11-5-7-18(8-6-11)9-12(19)17(3)4/h11,16H,5-10H2,1-4H3,(H2,15,20). The van der Waals surface area contributed by atoms with Gasteiger partial charge in [0.1, 0.15) is 0 Å². The molecule has 1 aliphatic heterocycles. The first-order valence-corrected chi connectivity index (χ1v) is 7.18. The second kappa shape index (κ2) is 7.04. The van der Waals surface area contributed by atoms with Gasteiger partial charge in [0.05, 0.1) is 12.0 Å². The fraction of sp³-hybridized carbons (Fsp3) is 0.857. The minimum absolute atomic E-state index is 0.145. The van der Waals surface area contributed by atoms with Gasteiger partial charge in [-0.15, -0.1) is 0 Å². The number of primary amides is 1. The molecule has 0 unspecified atom stereocenters. The van der Waals surface area contributed by atoms with Gasteiger partial charge < -0.3 is 16.0 Å². The van der Waals surface area contributed by atoms with Gasteiger partial charge in [-0.2, -0.15) is 0 Å². The first kappa shape index (κ1) is 16.9. The number of nitrogens with two attached hydrogens (primary N) is 1. The predicted octanol–water partition coefficient (Wildman–Crippen LogP) is -0.360. The van der Waals surface area contributed by atoms with Crippen molar-refractivity contribution in [2.75, 3.05) is 40.3 Å². The van der Waals surface area contributed by atoms with Gasteiger partial charge in [-0.1, -0.05) is 0 Å². The molecule has 116 valence electrons. The van der Waals surface area contributed by atoms with Crippen LogP contribution in [0, 0.1) is 5.41 Å². The molecule has 0 aliphatic carbocycles. The van der Waals surface area contributed by atoms with E-state index in [2.05, 4.69) is 10.2 Å². The highest BCUT2D eigenvalue weighted by molar-refractivity contribution is 5.80. The molecular formula is C14H28N4O2. The van der Waals surface area contributed by atoms with Gasteiger partial charge in [0, 0.05) is 39.8 Å². The number of carbonyl (C=O) groups is 2. The number of rotatable bonds is 6. The Hall–Kier alpha value is -1.14. The van der Waals surface area contributed by atoms with Crippen molar-refractivity contribution in [3.63, 3.8) is 0 Å². The molecule has 0 bridgehead atoms. The highest BCUT2D eigenvalue weighted by Crippen LogP contribution is 2.15. The lowest BCUT2D eigenvalue weighted by Crippen LogP contribution is -2.49. The third-order valence-corrected chi connectivity index (χ3v) is 3.94. The Morgan fingerprint density at radius 2 is 1.85 bits per heavy atom. The number of carbonyl (C=O) groups excluding carboxylic acids is 2. The molecule has 1 fully saturated rings. The molecule has 6 nitrogen and oxygen atoms in total. The monoisotopic (exact) mass is 284 g/mol. The molecule has 0 aromatic carbocycles. The highest BCUT2D eigenvalue weighted by atomic mass is 16.2. The summed E-state index contributed by atoms with van der Waals surface area (Å²) in [6.45, 7) is 6.62. The van der Waals surface area contributed by atoms with Crippen molar-refractivity contribution in [2.45, 2.75) is 32.7 Å². The molecular weight excluding hydrogens is 256 g/mol. The fourth-order valence-electron chi connectivity index (χ4n) is 2.11. The molecule has 1 rings (SSSR count). The van der Waals surface area contributed by atoms with Crippen LogP contribution in [0.15, 0.2) is 0 Å². The number of likely N-dealkylation sites (N-methyl/N-ethyl adjacent to an activating group) is 1. The third kappa shape index (κ3) is 5.09. The second-order valence-corrected chi connectivity index (χ2v) is 6.47. The van der Waals surface area contributed by atoms with Crippen molar-refractivity contribution in [2.24, 2.45) is 11.1 Å². The summed E-state index contributed by atoms with van der Waals surface area (Å²) in [4.78, 5) is 26.7. The van der Waals surface area contributed by atoms with Gasteiger partial charge in [0.25, 0.3) is 0 Å². The zero-order valence-electron chi connectivity index (χ0n) is 13.1. The number of nitrogens with one attached hydrogen (secondary N) is 1. The Morgan fingerprint density at radius 3 is 2.30 bits per heavy atom. The Morgan fingerprint density at radius 1 is 1.30 bits per heavy atom. The average Bonchev–Trinajstić information content (AvgIpc) is 2.37. The molecule has 1 heterocycles. The minimum atomic E-state index is -0.516. The summed E-state index contributed by atoms with van der Waals surface area (Å²) in [7, 11) is 3.56. The van der Waals surface area contributed by atoms with E-state index in [-0.39, 0.29) is 11.8 Å². The first-order chi connectivity index (χ1) is 9.22. The topological polar surface area (TPSA) is 78.7 Å². The summed E-state index contributed by atoms with van der Waals surface area (Å²) in [6, 6.07) is 0.402. The van der Waals surface area contributed by atoms with Crippen LogP contribution in [-0.2, 0) is 9.59 Å². The molecule has 0 aromatic rings. The third-order valence-electron chi connectivity index (χ3n) is 3.94. The van der Waals surface area contributed by atoms with Crippen molar-refractivity contribution in [3.05, 3.63) is 0 Å². The highest BCUT2D eigenvalue weighted by Gasteiger charge is 2.27. The first-order valence-electron chi connectivity index (χ1n) is 7.18. The van der Waals surface area contributed by atoms with Crippen LogP contribution in [0.4, 0.5) is 0 Å². The van der Waals surface area contributed by atoms with Gasteiger partial charge in [-0.25, -0.2) is 0 Å². The van der Waals surface area contributed by atoms with E-state index in [1.807, 2.05) is 13.8 Å². The lowest BCUT2D eigenvalue weighted by molar-refractivity contribution is -0.130. The van der Waals surface area contributed by atoms with E-state index in [4.69, 9.17) is 5.73 Å². The molecule has 0 radical (unpaired) electrons. The molecule has 0 saturated carbocycles. The zero-order chi connectivity index (χ0) is 15.3. The lowest BCUT2D eigenvalue weighted by Gasteiger charge is -2.34. The van der Waals surface area contributed by atoms with Crippen LogP contribution in [-0.4, -0.2) is 67.9 Å². The van der Waals surface area contributed by atoms with Crippen molar-refractivity contribution in [1.82, 2.24) is 15.1 Å². The van der Waals surface area contributed by atoms with E-state index in [1.54, 1.807) is 19.0 Å². The molecule has 2 amide bonds. The van der Waals surface area contributed by atoms with E-state index < -0.39 is 5.41 Å². The van der Waals surface area contributed by atoms with Crippen LogP contribution < -0.4 is 11.1 Å². The van der Waals surface area contributed by atoms with Crippen molar-refractivity contribution in [1.29, 1.82) is 0 Å². The Kier molecular flexibility index (Phi) is 5.95. The lowest BCUT2D eigenvalue weighted by atomic mass is 9.91. The van der Waals surface area contributed by atoms with E-state index in [1.165, 1.54) is 0 Å². The van der Waals surface area contributed by atoms with Crippen LogP contribution in [0.3, 0.4) is 0 Å². The van der Waals surface area contributed by atoms with Crippen LogP contribution in [0.2, 0.25) is 0 Å². The molecule has 6 heteroatoms. The van der Waals surface area contributed by atoms with Crippen molar-refractivity contribution in [3.8, 4) is 0 Å². The number of likely N-dealkylation sites (tertiary alicyclic amines) is 1. The number of piperidine rings is 1. The number of nitrogens with zero attached hydrogens (tertiary/aromatic N) is 2. The summed E-state index contributed by atoms with van der Waals surface area (Å²) in [5, 5.41) is 3.42. The summed E-state index contributed by atoms with van der Waals surface area (Å²) in [6.07, 6.45) is 1.99. The molecule has 1 aliphatic rings. The summed E-state index contributed by atoms with van der Waals surface area (Å²) in [5.74, 6) is -0.134. The summed E-state index contributed by atoms with van der Waals surface area (Å²) < 4.78 is 0. The largest absolute Gasteiger partial charge is 0.369 e. The Labute approximate surface area is 121 Å². The SMILES string of the molecule is CN(C)C(=O)CN1CCC(NCC(C)(C)C(N)=O)CC1. The molecule has 3 N–H and O–H groups in total. The minimum Gasteiger partial charge on any atom is -0.369 e. The molecule has 0 aromatic heterocycles. The van der Waals surface area contributed by atoms with Crippen LogP contribution in [0.25, 0.3) is 0 Å². The Bertz CT molecular complexity index is 347. The maximum absolute atomic E-state index is 11.6. The smallest absolute Gasteiger partial charge is 0.236 e. The number of amides is 2. The maximum atomic E-state index is 11.6.